The number of carbonyl (C=O) groups excluding carboxylic acids is 1. The van der Waals surface area contributed by atoms with Crippen LogP contribution in [0.2, 0.25) is 0 Å². The number of esters is 1. The normalized spacial score (nSPS) is 26.3. The molecule has 6 heteroatoms. The van der Waals surface area contributed by atoms with Crippen LogP contribution in [0.4, 0.5) is 0 Å². The Labute approximate surface area is 148 Å². The van der Waals surface area contributed by atoms with Gasteiger partial charge in [0, 0.05) is 19.0 Å². The zero-order valence-electron chi connectivity index (χ0n) is 14.8. The highest BCUT2D eigenvalue weighted by Crippen LogP contribution is 2.36. The lowest BCUT2D eigenvalue weighted by atomic mass is 9.98. The summed E-state index contributed by atoms with van der Waals surface area (Å²) in [5.74, 6) is -1.69. The zero-order valence-corrected chi connectivity index (χ0v) is 14.8. The second-order valence-electron chi connectivity index (χ2n) is 6.75. The molecule has 0 aromatic heterocycles. The van der Waals surface area contributed by atoms with E-state index in [9.17, 15) is 9.90 Å². The van der Waals surface area contributed by atoms with E-state index in [0.717, 1.165) is 25.3 Å². The fourth-order valence-corrected chi connectivity index (χ4v) is 3.71. The van der Waals surface area contributed by atoms with E-state index in [2.05, 4.69) is 11.9 Å². The van der Waals surface area contributed by atoms with Crippen LogP contribution in [-0.2, 0) is 14.3 Å². The van der Waals surface area contributed by atoms with Crippen LogP contribution >= 0.6 is 0 Å². The van der Waals surface area contributed by atoms with E-state index >= 15 is 0 Å². The Morgan fingerprint density at radius 1 is 1.20 bits per heavy atom. The van der Waals surface area contributed by atoms with Gasteiger partial charge in [0.1, 0.15) is 12.0 Å². The van der Waals surface area contributed by atoms with Crippen LogP contribution in [-0.4, -0.2) is 58.9 Å². The largest absolute Gasteiger partial charge is 0.481 e. The Balaban J connectivity index is 0.000000511. The molecule has 138 valence electrons. The number of carboxylic acids is 1. The van der Waals surface area contributed by atoms with Crippen molar-refractivity contribution < 1.29 is 24.5 Å². The molecule has 6 nitrogen and oxygen atoms in total. The number of hydrogen-bond acceptors (Lipinski definition) is 5. The first-order chi connectivity index (χ1) is 11.9. The minimum Gasteiger partial charge on any atom is -0.481 e. The molecule has 25 heavy (non-hydrogen) atoms. The summed E-state index contributed by atoms with van der Waals surface area (Å²) in [5.41, 5.74) is 0.820. The summed E-state index contributed by atoms with van der Waals surface area (Å²) in [4.78, 5) is 23.8. The molecular formula is C19H27NO5. The molecule has 0 amide bonds. The fourth-order valence-electron chi connectivity index (χ4n) is 3.71. The van der Waals surface area contributed by atoms with Crippen molar-refractivity contribution in [3.63, 3.8) is 0 Å². The third-order valence-electron chi connectivity index (χ3n) is 5.01. The van der Waals surface area contributed by atoms with Crippen LogP contribution in [0.15, 0.2) is 30.3 Å². The van der Waals surface area contributed by atoms with Gasteiger partial charge in [0.05, 0.1) is 6.61 Å². The van der Waals surface area contributed by atoms with Gasteiger partial charge >= 0.3 is 5.97 Å². The number of carbonyl (C=O) groups is 2. The summed E-state index contributed by atoms with van der Waals surface area (Å²) in [7, 11) is 2.17. The monoisotopic (exact) mass is 349 g/mol. The van der Waals surface area contributed by atoms with Gasteiger partial charge in [0.25, 0.3) is 5.97 Å². The predicted molar refractivity (Wildman–Crippen MR) is 93.3 cm³/mol. The van der Waals surface area contributed by atoms with Crippen molar-refractivity contribution in [2.45, 2.75) is 56.7 Å². The van der Waals surface area contributed by atoms with Gasteiger partial charge in [-0.25, -0.2) is 0 Å². The number of aliphatic hydroxyl groups is 1. The molecule has 1 aromatic rings. The highest BCUT2D eigenvalue weighted by atomic mass is 16.5. The molecule has 2 heterocycles. The molecule has 2 bridgehead atoms. The van der Waals surface area contributed by atoms with Crippen molar-refractivity contribution in [2.24, 2.45) is 0 Å². The SMILES string of the molecule is CC(=O)O.CN1[C@@H]2CC[C@H]1CC(OC(=O)C(CO)c1ccccc1)C2. The van der Waals surface area contributed by atoms with Crippen molar-refractivity contribution in [3.8, 4) is 0 Å². The van der Waals surface area contributed by atoms with Crippen molar-refractivity contribution in [3.05, 3.63) is 35.9 Å². The van der Waals surface area contributed by atoms with Crippen molar-refractivity contribution in [1.29, 1.82) is 0 Å². The summed E-state index contributed by atoms with van der Waals surface area (Å²) in [5, 5.41) is 16.9. The van der Waals surface area contributed by atoms with Crippen molar-refractivity contribution >= 4 is 11.9 Å². The van der Waals surface area contributed by atoms with Gasteiger partial charge in [-0.2, -0.15) is 0 Å². The highest BCUT2D eigenvalue weighted by Gasteiger charge is 2.40. The smallest absolute Gasteiger partial charge is 0.316 e. The predicted octanol–water partition coefficient (Wildman–Crippen LogP) is 2.02. The number of benzene rings is 1. The molecule has 2 N–H and O–H groups in total. The van der Waals surface area contributed by atoms with Crippen LogP contribution in [0, 0.1) is 0 Å². The highest BCUT2D eigenvalue weighted by molar-refractivity contribution is 5.78. The second-order valence-corrected chi connectivity index (χ2v) is 6.75. The van der Waals surface area contributed by atoms with Gasteiger partial charge in [0.2, 0.25) is 0 Å². The summed E-state index contributed by atoms with van der Waals surface area (Å²) in [6.45, 7) is 0.877. The van der Waals surface area contributed by atoms with Gasteiger partial charge in [-0.05, 0) is 38.3 Å². The maximum Gasteiger partial charge on any atom is 0.316 e. The van der Waals surface area contributed by atoms with Gasteiger partial charge in [-0.1, -0.05) is 30.3 Å². The van der Waals surface area contributed by atoms with E-state index in [1.165, 1.54) is 12.8 Å². The van der Waals surface area contributed by atoms with Crippen LogP contribution in [0.1, 0.15) is 44.1 Å². The Morgan fingerprint density at radius 3 is 2.20 bits per heavy atom. The van der Waals surface area contributed by atoms with E-state index in [0.29, 0.717) is 12.1 Å². The maximum atomic E-state index is 12.4. The standard InChI is InChI=1S/C17H23NO3.C2H4O2/c1-18-13-7-8-14(18)10-15(9-13)21-17(20)16(11-19)12-5-3-2-4-6-12;1-2(3)4/h2-6,13-16,19H,7-11H2,1H3;1H3,(H,3,4)/t13-,14+,15?,16?;. The van der Waals surface area contributed by atoms with Gasteiger partial charge in [0.15, 0.2) is 0 Å². The molecule has 2 saturated heterocycles. The summed E-state index contributed by atoms with van der Waals surface area (Å²) in [6.07, 6.45) is 4.26. The number of piperidine rings is 1. The zero-order chi connectivity index (χ0) is 18.4. The van der Waals surface area contributed by atoms with E-state index < -0.39 is 11.9 Å². The average molecular weight is 349 g/mol. The Kier molecular flexibility index (Phi) is 6.96. The molecule has 0 spiro atoms. The maximum absolute atomic E-state index is 12.4. The number of nitrogens with zero attached hydrogens (tertiary/aromatic N) is 1. The van der Waals surface area contributed by atoms with Crippen molar-refractivity contribution in [1.82, 2.24) is 4.90 Å². The number of rotatable bonds is 4. The molecule has 0 radical (unpaired) electrons. The first kappa shape index (κ1) is 19.4. The molecule has 0 aliphatic carbocycles. The fraction of sp³-hybridized carbons (Fsp3) is 0.579. The Hall–Kier alpha value is -1.92. The first-order valence-corrected chi connectivity index (χ1v) is 8.70. The molecule has 2 unspecified atom stereocenters. The van der Waals surface area contributed by atoms with E-state index in [1.54, 1.807) is 0 Å². The lowest BCUT2D eigenvalue weighted by Gasteiger charge is -2.36. The molecule has 4 atom stereocenters. The van der Waals surface area contributed by atoms with Gasteiger partial charge < -0.3 is 19.8 Å². The molecule has 1 aromatic carbocycles. The number of carboxylic acid groups (broad SMARTS) is 1. The molecule has 3 rings (SSSR count). The number of aliphatic carboxylic acids is 1. The third kappa shape index (κ3) is 5.28. The Morgan fingerprint density at radius 2 is 1.72 bits per heavy atom. The third-order valence-corrected chi connectivity index (χ3v) is 5.01. The van der Waals surface area contributed by atoms with Crippen LogP contribution in [0.3, 0.4) is 0 Å². The van der Waals surface area contributed by atoms with E-state index in [4.69, 9.17) is 14.6 Å². The summed E-state index contributed by atoms with van der Waals surface area (Å²) < 4.78 is 5.70. The molecular weight excluding hydrogens is 322 g/mol. The lowest BCUT2D eigenvalue weighted by Crippen LogP contribution is -2.43. The first-order valence-electron chi connectivity index (χ1n) is 8.70. The van der Waals surface area contributed by atoms with Crippen molar-refractivity contribution in [2.75, 3.05) is 13.7 Å². The number of aliphatic hydroxyl groups excluding tert-OH is 1. The molecule has 2 fully saturated rings. The Bertz CT molecular complexity index is 558. The molecule has 0 saturated carbocycles. The van der Waals surface area contributed by atoms with Crippen LogP contribution in [0.25, 0.3) is 0 Å². The van der Waals surface area contributed by atoms with Gasteiger partial charge in [-0.3, -0.25) is 9.59 Å². The second kappa shape index (κ2) is 8.97. The van der Waals surface area contributed by atoms with Crippen LogP contribution in [0.5, 0.6) is 0 Å². The number of hydrogen-bond donors (Lipinski definition) is 2. The molecule has 2 aliphatic heterocycles. The summed E-state index contributed by atoms with van der Waals surface area (Å²) in [6, 6.07) is 10.5. The minimum absolute atomic E-state index is 0.00367. The topological polar surface area (TPSA) is 87.1 Å². The lowest BCUT2D eigenvalue weighted by molar-refractivity contribution is -0.155. The van der Waals surface area contributed by atoms with E-state index in [1.807, 2.05) is 30.3 Å². The van der Waals surface area contributed by atoms with E-state index in [-0.39, 0.29) is 18.7 Å². The van der Waals surface area contributed by atoms with Crippen LogP contribution < -0.4 is 0 Å². The van der Waals surface area contributed by atoms with Gasteiger partial charge in [-0.15, -0.1) is 0 Å². The minimum atomic E-state index is -0.833. The molecule has 2 aliphatic rings. The number of fused-ring (bicyclic) bond motifs is 2. The summed E-state index contributed by atoms with van der Waals surface area (Å²) >= 11 is 0. The quantitative estimate of drug-likeness (QED) is 0.809. The average Bonchev–Trinajstić information content (AvgIpc) is 2.78. The number of ether oxygens (including phenoxy) is 1.